The summed E-state index contributed by atoms with van der Waals surface area (Å²) in [5.74, 6) is 3.23. The first-order chi connectivity index (χ1) is 12.8. The molecule has 0 amide bonds. The van der Waals surface area contributed by atoms with Crippen molar-refractivity contribution in [3.05, 3.63) is 43.0 Å². The Morgan fingerprint density at radius 3 is 3.04 bits per heavy atom. The normalized spacial score (nSPS) is 11.1. The summed E-state index contributed by atoms with van der Waals surface area (Å²) in [6, 6.07) is 1.87. The maximum absolute atomic E-state index is 5.37. The highest BCUT2D eigenvalue weighted by atomic mass is 32.2. The third-order valence-corrected chi connectivity index (χ3v) is 4.50. The van der Waals surface area contributed by atoms with Crippen molar-refractivity contribution in [3.63, 3.8) is 0 Å². The van der Waals surface area contributed by atoms with Crippen LogP contribution in [0.2, 0.25) is 0 Å². The van der Waals surface area contributed by atoms with Crippen LogP contribution in [0.1, 0.15) is 11.7 Å². The molecule has 0 fully saturated rings. The number of aryl methyl sites for hydroxylation is 1. The van der Waals surface area contributed by atoms with Gasteiger partial charge in [0.05, 0.1) is 17.6 Å². The molecule has 0 bridgehead atoms. The van der Waals surface area contributed by atoms with Crippen LogP contribution in [0.4, 0.5) is 0 Å². The van der Waals surface area contributed by atoms with E-state index < -0.39 is 0 Å². The minimum atomic E-state index is 0.361. The first-order valence-electron chi connectivity index (χ1n) is 7.66. The summed E-state index contributed by atoms with van der Waals surface area (Å²) in [6.07, 6.45) is 4.81. The van der Waals surface area contributed by atoms with Crippen LogP contribution >= 0.6 is 11.8 Å². The maximum Gasteiger partial charge on any atom is 0.239 e. The second-order valence-electron chi connectivity index (χ2n) is 5.23. The van der Waals surface area contributed by atoms with Gasteiger partial charge >= 0.3 is 0 Å². The number of hydrogen-bond donors (Lipinski definition) is 1. The molecule has 4 aromatic heterocycles. The summed E-state index contributed by atoms with van der Waals surface area (Å²) >= 11 is 1.44. The molecule has 11 heteroatoms. The number of aromatic nitrogens is 8. The fourth-order valence-electron chi connectivity index (χ4n) is 2.35. The molecule has 1 N–H and O–H groups in total. The number of nitrogens with one attached hydrogen (secondary N) is 1. The van der Waals surface area contributed by atoms with Crippen LogP contribution in [0, 0.1) is 6.92 Å². The van der Waals surface area contributed by atoms with E-state index in [1.807, 2.05) is 17.6 Å². The lowest BCUT2D eigenvalue weighted by Crippen LogP contribution is -2.00. The van der Waals surface area contributed by atoms with E-state index in [0.29, 0.717) is 29.8 Å². The average molecular weight is 370 g/mol. The summed E-state index contributed by atoms with van der Waals surface area (Å²) in [5.41, 5.74) is 0.900. The van der Waals surface area contributed by atoms with Gasteiger partial charge in [-0.15, -0.1) is 16.8 Å². The molecule has 10 nitrogen and oxygen atoms in total. The third-order valence-electron chi connectivity index (χ3n) is 3.55. The first-order valence-corrected chi connectivity index (χ1v) is 8.64. The number of thioether (sulfide) groups is 1. The largest absolute Gasteiger partial charge is 0.469 e. The Balaban J connectivity index is 1.54. The average Bonchev–Trinajstić information content (AvgIpc) is 3.41. The Kier molecular flexibility index (Phi) is 4.35. The molecule has 0 radical (unpaired) electrons. The molecular formula is C15H14N8O2S. The van der Waals surface area contributed by atoms with Crippen molar-refractivity contribution in [2.75, 3.05) is 0 Å². The van der Waals surface area contributed by atoms with Crippen molar-refractivity contribution in [2.24, 2.45) is 0 Å². The van der Waals surface area contributed by atoms with Crippen LogP contribution in [0.3, 0.4) is 0 Å². The highest BCUT2D eigenvalue weighted by molar-refractivity contribution is 7.98. The van der Waals surface area contributed by atoms with Gasteiger partial charge in [-0.2, -0.15) is 10.1 Å². The van der Waals surface area contributed by atoms with Crippen molar-refractivity contribution >= 4 is 11.8 Å². The van der Waals surface area contributed by atoms with E-state index >= 15 is 0 Å². The van der Waals surface area contributed by atoms with Gasteiger partial charge in [-0.25, -0.2) is 4.98 Å². The Bertz CT molecular complexity index is 1020. The fraction of sp³-hybridized carbons (Fsp3) is 0.200. The molecule has 4 aromatic rings. The highest BCUT2D eigenvalue weighted by Gasteiger charge is 2.18. The Labute approximate surface area is 151 Å². The third kappa shape index (κ3) is 3.04. The summed E-state index contributed by atoms with van der Waals surface area (Å²) < 4.78 is 12.6. The van der Waals surface area contributed by atoms with E-state index in [4.69, 9.17) is 8.94 Å². The van der Waals surface area contributed by atoms with Gasteiger partial charge in [-0.05, 0) is 13.0 Å². The SMILES string of the molecule is C=CCn1c(SCc2nc(-c3ncn[nH]3)no2)nnc1-c1ccoc1C. The molecule has 0 atom stereocenters. The van der Waals surface area contributed by atoms with Gasteiger partial charge in [0.1, 0.15) is 12.1 Å². The zero-order valence-electron chi connectivity index (χ0n) is 13.8. The molecule has 0 aliphatic rings. The fourth-order valence-corrected chi connectivity index (χ4v) is 3.14. The standard InChI is InChI=1S/C15H14N8O2S/c1-3-5-23-14(10-4-6-24-9(10)2)20-21-15(23)26-7-11-18-13(22-25-11)12-16-8-17-19-12/h3-4,6,8H,1,5,7H2,2H3,(H,16,17,19). The minimum absolute atomic E-state index is 0.361. The molecule has 0 saturated carbocycles. The van der Waals surface area contributed by atoms with Crippen molar-refractivity contribution in [2.45, 2.75) is 24.4 Å². The Hall–Kier alpha value is -3.21. The van der Waals surface area contributed by atoms with Gasteiger partial charge in [0.25, 0.3) is 0 Å². The van der Waals surface area contributed by atoms with Crippen LogP contribution in [-0.4, -0.2) is 40.1 Å². The lowest BCUT2D eigenvalue weighted by atomic mass is 10.2. The van der Waals surface area contributed by atoms with Crippen LogP contribution in [0.15, 0.2) is 45.4 Å². The molecular weight excluding hydrogens is 356 g/mol. The Morgan fingerprint density at radius 2 is 2.31 bits per heavy atom. The molecule has 4 rings (SSSR count). The van der Waals surface area contributed by atoms with E-state index in [-0.39, 0.29) is 0 Å². The van der Waals surface area contributed by atoms with E-state index in [9.17, 15) is 0 Å². The van der Waals surface area contributed by atoms with Crippen LogP contribution in [0.5, 0.6) is 0 Å². The number of hydrogen-bond acceptors (Lipinski definition) is 9. The first kappa shape index (κ1) is 16.3. The zero-order valence-corrected chi connectivity index (χ0v) is 14.6. The quantitative estimate of drug-likeness (QED) is 0.386. The van der Waals surface area contributed by atoms with E-state index in [1.165, 1.54) is 18.1 Å². The van der Waals surface area contributed by atoms with Gasteiger partial charge in [-0.1, -0.05) is 23.0 Å². The molecule has 0 aromatic carbocycles. The van der Waals surface area contributed by atoms with Crippen LogP contribution in [-0.2, 0) is 12.3 Å². The Morgan fingerprint density at radius 1 is 1.38 bits per heavy atom. The van der Waals surface area contributed by atoms with Gasteiger partial charge in [-0.3, -0.25) is 9.67 Å². The van der Waals surface area contributed by atoms with E-state index in [0.717, 1.165) is 22.3 Å². The number of rotatable bonds is 7. The van der Waals surface area contributed by atoms with Gasteiger partial charge in [0.2, 0.25) is 11.7 Å². The number of furan rings is 1. The molecule has 26 heavy (non-hydrogen) atoms. The van der Waals surface area contributed by atoms with Crippen LogP contribution < -0.4 is 0 Å². The van der Waals surface area contributed by atoms with Crippen molar-refractivity contribution in [1.82, 2.24) is 40.1 Å². The summed E-state index contributed by atoms with van der Waals surface area (Å²) in [7, 11) is 0. The summed E-state index contributed by atoms with van der Waals surface area (Å²) in [6.45, 7) is 6.26. The van der Waals surface area contributed by atoms with Crippen molar-refractivity contribution in [1.29, 1.82) is 0 Å². The second-order valence-corrected chi connectivity index (χ2v) is 6.17. The predicted octanol–water partition coefficient (Wildman–Crippen LogP) is 2.49. The van der Waals surface area contributed by atoms with Crippen molar-refractivity contribution in [3.8, 4) is 23.0 Å². The molecule has 132 valence electrons. The number of allylic oxidation sites excluding steroid dienone is 1. The minimum Gasteiger partial charge on any atom is -0.469 e. The molecule has 4 heterocycles. The zero-order chi connectivity index (χ0) is 17.9. The summed E-state index contributed by atoms with van der Waals surface area (Å²) in [5, 5.41) is 19.6. The van der Waals surface area contributed by atoms with Gasteiger partial charge < -0.3 is 8.94 Å². The van der Waals surface area contributed by atoms with Crippen molar-refractivity contribution < 1.29 is 8.94 Å². The maximum atomic E-state index is 5.37. The monoisotopic (exact) mass is 370 g/mol. The number of aromatic amines is 1. The van der Waals surface area contributed by atoms with E-state index in [1.54, 1.807) is 12.3 Å². The predicted molar refractivity (Wildman–Crippen MR) is 91.9 cm³/mol. The summed E-state index contributed by atoms with van der Waals surface area (Å²) in [4.78, 5) is 8.28. The number of H-pyrrole nitrogens is 1. The smallest absolute Gasteiger partial charge is 0.239 e. The lowest BCUT2D eigenvalue weighted by Gasteiger charge is -2.06. The van der Waals surface area contributed by atoms with E-state index in [2.05, 4.69) is 42.1 Å². The molecule has 0 saturated heterocycles. The second kappa shape index (κ2) is 6.96. The van der Waals surface area contributed by atoms with Crippen LogP contribution in [0.25, 0.3) is 23.0 Å². The molecule has 0 aliphatic heterocycles. The molecule has 0 unspecified atom stereocenters. The number of nitrogens with zero attached hydrogens (tertiary/aromatic N) is 7. The lowest BCUT2D eigenvalue weighted by molar-refractivity contribution is 0.391. The highest BCUT2D eigenvalue weighted by Crippen LogP contribution is 2.28. The van der Waals surface area contributed by atoms with Gasteiger partial charge in [0, 0.05) is 6.54 Å². The molecule has 0 aliphatic carbocycles. The van der Waals surface area contributed by atoms with Gasteiger partial charge in [0.15, 0.2) is 16.8 Å². The topological polar surface area (TPSA) is 124 Å². The molecule has 0 spiro atoms.